The van der Waals surface area contributed by atoms with Gasteiger partial charge in [-0.15, -0.1) is 0 Å². The Bertz CT molecular complexity index is 721. The number of carbonyl (C=O) groups is 2. The Hall–Kier alpha value is -2.42. The van der Waals surface area contributed by atoms with Gasteiger partial charge in [0.1, 0.15) is 17.6 Å². The molecule has 0 bridgehead atoms. The van der Waals surface area contributed by atoms with Crippen molar-refractivity contribution in [2.75, 3.05) is 0 Å². The van der Waals surface area contributed by atoms with Gasteiger partial charge in [0.25, 0.3) is 0 Å². The second-order valence-corrected chi connectivity index (χ2v) is 6.24. The van der Waals surface area contributed by atoms with Gasteiger partial charge in [-0.05, 0) is 30.5 Å². The highest BCUT2D eigenvalue weighted by atomic mass is 16.5. The molecule has 0 radical (unpaired) electrons. The highest BCUT2D eigenvalue weighted by Crippen LogP contribution is 2.40. The maximum absolute atomic E-state index is 13.0. The summed E-state index contributed by atoms with van der Waals surface area (Å²) in [4.78, 5) is 24.9. The first-order chi connectivity index (χ1) is 11.7. The molecule has 0 saturated carbocycles. The van der Waals surface area contributed by atoms with Crippen LogP contribution in [0.1, 0.15) is 54.6 Å². The van der Waals surface area contributed by atoms with Crippen LogP contribution in [0.15, 0.2) is 54.6 Å². The van der Waals surface area contributed by atoms with Crippen LogP contribution in [0.25, 0.3) is 0 Å². The lowest BCUT2D eigenvalue weighted by Gasteiger charge is -2.32. The Morgan fingerprint density at radius 2 is 1.71 bits per heavy atom. The number of rotatable bonds is 6. The molecule has 0 aromatic heterocycles. The number of benzene rings is 2. The van der Waals surface area contributed by atoms with E-state index in [1.807, 2.05) is 55.5 Å². The van der Waals surface area contributed by atoms with E-state index in [1.165, 1.54) is 0 Å². The topological polar surface area (TPSA) is 43.4 Å². The lowest BCUT2D eigenvalue weighted by molar-refractivity contribution is -0.119. The smallest absolute Gasteiger partial charge is 0.173 e. The third-order valence-electron chi connectivity index (χ3n) is 4.50. The maximum Gasteiger partial charge on any atom is 0.173 e. The van der Waals surface area contributed by atoms with E-state index in [0.29, 0.717) is 30.6 Å². The maximum atomic E-state index is 13.0. The van der Waals surface area contributed by atoms with Gasteiger partial charge in [-0.2, -0.15) is 0 Å². The Morgan fingerprint density at radius 3 is 2.46 bits per heavy atom. The number of ether oxygens (including phenoxy) is 1. The van der Waals surface area contributed by atoms with Crippen LogP contribution in [0.5, 0.6) is 5.75 Å². The van der Waals surface area contributed by atoms with Gasteiger partial charge >= 0.3 is 0 Å². The van der Waals surface area contributed by atoms with Crippen molar-refractivity contribution < 1.29 is 14.3 Å². The molecule has 2 atom stereocenters. The van der Waals surface area contributed by atoms with Crippen LogP contribution >= 0.6 is 0 Å². The third-order valence-corrected chi connectivity index (χ3v) is 4.50. The van der Waals surface area contributed by atoms with Crippen molar-refractivity contribution in [2.24, 2.45) is 5.92 Å². The predicted molar refractivity (Wildman–Crippen MR) is 93.2 cm³/mol. The average molecular weight is 322 g/mol. The van der Waals surface area contributed by atoms with E-state index in [0.717, 1.165) is 12.0 Å². The van der Waals surface area contributed by atoms with Gasteiger partial charge in [0.05, 0.1) is 11.5 Å². The minimum atomic E-state index is -0.331. The van der Waals surface area contributed by atoms with E-state index >= 15 is 0 Å². The van der Waals surface area contributed by atoms with E-state index in [2.05, 4.69) is 0 Å². The van der Waals surface area contributed by atoms with Crippen LogP contribution in [-0.4, -0.2) is 11.6 Å². The van der Waals surface area contributed by atoms with E-state index in [4.69, 9.17) is 4.74 Å². The molecule has 124 valence electrons. The standard InChI is InChI=1S/C21H22O3/c1-2-8-16(22)13-14-18-20(23)17-11-6-7-12-19(17)24-21(18)15-9-4-3-5-10-15/h3-7,9-12,18,21H,2,8,13-14H2,1H3. The highest BCUT2D eigenvalue weighted by Gasteiger charge is 2.37. The first-order valence-electron chi connectivity index (χ1n) is 8.57. The molecule has 0 saturated heterocycles. The van der Waals surface area contributed by atoms with Crippen LogP contribution in [0, 0.1) is 5.92 Å². The van der Waals surface area contributed by atoms with Gasteiger partial charge in [0, 0.05) is 12.8 Å². The molecular formula is C21H22O3. The molecule has 0 spiro atoms. The van der Waals surface area contributed by atoms with Crippen LogP contribution < -0.4 is 4.74 Å². The van der Waals surface area contributed by atoms with E-state index in [9.17, 15) is 9.59 Å². The number of hydrogen-bond acceptors (Lipinski definition) is 3. The summed E-state index contributed by atoms with van der Waals surface area (Å²) in [7, 11) is 0. The molecule has 1 heterocycles. The molecule has 2 aromatic rings. The van der Waals surface area contributed by atoms with Gasteiger partial charge in [0.15, 0.2) is 5.78 Å². The van der Waals surface area contributed by atoms with Crippen LogP contribution in [0.2, 0.25) is 0 Å². The van der Waals surface area contributed by atoms with Crippen molar-refractivity contribution in [2.45, 2.75) is 38.7 Å². The van der Waals surface area contributed by atoms with Gasteiger partial charge in [-0.3, -0.25) is 9.59 Å². The Labute approximate surface area is 142 Å². The van der Waals surface area contributed by atoms with Gasteiger partial charge in [-0.25, -0.2) is 0 Å². The minimum absolute atomic E-state index is 0.0787. The van der Waals surface area contributed by atoms with Crippen molar-refractivity contribution >= 4 is 11.6 Å². The summed E-state index contributed by atoms with van der Waals surface area (Å²) in [5.74, 6) is 0.613. The van der Waals surface area contributed by atoms with Crippen LogP contribution in [-0.2, 0) is 4.79 Å². The highest BCUT2D eigenvalue weighted by molar-refractivity contribution is 6.01. The lowest BCUT2D eigenvalue weighted by atomic mass is 9.82. The zero-order valence-electron chi connectivity index (χ0n) is 13.9. The van der Waals surface area contributed by atoms with Gasteiger partial charge in [0.2, 0.25) is 0 Å². The zero-order chi connectivity index (χ0) is 16.9. The molecule has 0 amide bonds. The molecule has 2 unspecified atom stereocenters. The van der Waals surface area contributed by atoms with Crippen molar-refractivity contribution in [3.63, 3.8) is 0 Å². The van der Waals surface area contributed by atoms with E-state index in [1.54, 1.807) is 6.07 Å². The number of ketones is 2. The van der Waals surface area contributed by atoms with E-state index in [-0.39, 0.29) is 23.6 Å². The summed E-state index contributed by atoms with van der Waals surface area (Å²) in [6.45, 7) is 2.00. The Kier molecular flexibility index (Phi) is 5.09. The summed E-state index contributed by atoms with van der Waals surface area (Å²) in [6.07, 6.45) is 2.06. The largest absolute Gasteiger partial charge is 0.484 e. The molecule has 1 aliphatic rings. The van der Waals surface area contributed by atoms with Gasteiger partial charge < -0.3 is 4.74 Å². The Balaban J connectivity index is 1.89. The SMILES string of the molecule is CCCC(=O)CCC1C(=O)c2ccccc2OC1c1ccccc1. The summed E-state index contributed by atoms with van der Waals surface area (Å²) in [5, 5.41) is 0. The molecule has 3 rings (SSSR count). The molecule has 24 heavy (non-hydrogen) atoms. The number of hydrogen-bond donors (Lipinski definition) is 0. The van der Waals surface area contributed by atoms with Gasteiger partial charge in [-0.1, -0.05) is 49.4 Å². The fourth-order valence-electron chi connectivity index (χ4n) is 3.27. The fraction of sp³-hybridized carbons (Fsp3) is 0.333. The molecule has 2 aromatic carbocycles. The molecule has 0 N–H and O–H groups in total. The number of Topliss-reactive ketones (excluding diaryl/α,β-unsaturated/α-hetero) is 2. The zero-order valence-corrected chi connectivity index (χ0v) is 13.9. The quantitative estimate of drug-likeness (QED) is 0.769. The first kappa shape index (κ1) is 16.4. The normalized spacial score (nSPS) is 19.5. The predicted octanol–water partition coefficient (Wildman–Crippen LogP) is 4.77. The van der Waals surface area contributed by atoms with Crippen LogP contribution in [0.3, 0.4) is 0 Å². The summed E-state index contributed by atoms with van der Waals surface area (Å²) in [6, 6.07) is 17.2. The summed E-state index contributed by atoms with van der Waals surface area (Å²) in [5.41, 5.74) is 1.60. The van der Waals surface area contributed by atoms with Crippen molar-refractivity contribution in [3.8, 4) is 5.75 Å². The minimum Gasteiger partial charge on any atom is -0.484 e. The van der Waals surface area contributed by atoms with E-state index < -0.39 is 0 Å². The summed E-state index contributed by atoms with van der Waals surface area (Å²) < 4.78 is 6.16. The molecule has 0 fully saturated rings. The lowest BCUT2D eigenvalue weighted by Crippen LogP contribution is -2.32. The average Bonchev–Trinajstić information content (AvgIpc) is 2.62. The van der Waals surface area contributed by atoms with Crippen LogP contribution in [0.4, 0.5) is 0 Å². The monoisotopic (exact) mass is 322 g/mol. The second-order valence-electron chi connectivity index (χ2n) is 6.24. The summed E-state index contributed by atoms with van der Waals surface area (Å²) >= 11 is 0. The van der Waals surface area contributed by atoms with Crippen molar-refractivity contribution in [3.05, 3.63) is 65.7 Å². The fourth-order valence-corrected chi connectivity index (χ4v) is 3.27. The molecule has 3 nitrogen and oxygen atoms in total. The number of para-hydroxylation sites is 1. The number of fused-ring (bicyclic) bond motifs is 1. The molecule has 3 heteroatoms. The second kappa shape index (κ2) is 7.43. The number of carbonyl (C=O) groups excluding carboxylic acids is 2. The van der Waals surface area contributed by atoms with Crippen molar-refractivity contribution in [1.29, 1.82) is 0 Å². The Morgan fingerprint density at radius 1 is 1.00 bits per heavy atom. The molecular weight excluding hydrogens is 300 g/mol. The van der Waals surface area contributed by atoms with Crippen molar-refractivity contribution in [1.82, 2.24) is 0 Å². The first-order valence-corrected chi connectivity index (χ1v) is 8.57. The third kappa shape index (κ3) is 3.40. The molecule has 1 aliphatic heterocycles. The molecule has 0 aliphatic carbocycles.